The van der Waals surface area contributed by atoms with Crippen molar-refractivity contribution in [1.29, 1.82) is 0 Å². The van der Waals surface area contributed by atoms with Gasteiger partial charge in [0.05, 0.1) is 22.4 Å². The Morgan fingerprint density at radius 1 is 1.53 bits per heavy atom. The summed E-state index contributed by atoms with van der Waals surface area (Å²) in [5.41, 5.74) is 9.17. The van der Waals surface area contributed by atoms with Crippen molar-refractivity contribution >= 4 is 15.9 Å². The normalized spacial score (nSPS) is 13.0. The molecule has 2 aromatic heterocycles. The van der Waals surface area contributed by atoms with E-state index in [4.69, 9.17) is 5.73 Å². The minimum Gasteiger partial charge on any atom is -0.348 e. The van der Waals surface area contributed by atoms with E-state index >= 15 is 0 Å². The van der Waals surface area contributed by atoms with E-state index in [-0.39, 0.29) is 6.04 Å². The first-order valence-corrected chi connectivity index (χ1v) is 6.37. The average molecular weight is 297 g/mol. The van der Waals surface area contributed by atoms with Crippen molar-refractivity contribution in [2.45, 2.75) is 26.4 Å². The van der Waals surface area contributed by atoms with Gasteiger partial charge in [-0.15, -0.1) is 0 Å². The largest absolute Gasteiger partial charge is 0.348 e. The molecule has 17 heavy (non-hydrogen) atoms. The summed E-state index contributed by atoms with van der Waals surface area (Å²) in [5, 5.41) is 4.38. The predicted molar refractivity (Wildman–Crippen MR) is 71.8 cm³/mol. The number of hydrogen-bond donors (Lipinski definition) is 1. The third-order valence-electron chi connectivity index (χ3n) is 2.89. The van der Waals surface area contributed by atoms with Gasteiger partial charge < -0.3 is 10.3 Å². The van der Waals surface area contributed by atoms with E-state index in [1.807, 2.05) is 31.8 Å². The third kappa shape index (κ3) is 2.45. The van der Waals surface area contributed by atoms with Gasteiger partial charge in [-0.2, -0.15) is 5.10 Å². The maximum absolute atomic E-state index is 5.84. The molecule has 0 amide bonds. The standard InChI is InChI=1S/C12H17BrN4/c1-8(14)10-4-5-17(6-10)7-11-12(13)9(2)15-16(11)3/h4-6,8H,7,14H2,1-3H3. The van der Waals surface area contributed by atoms with Crippen molar-refractivity contribution in [1.82, 2.24) is 14.3 Å². The molecule has 0 saturated carbocycles. The Morgan fingerprint density at radius 3 is 2.71 bits per heavy atom. The Bertz CT molecular complexity index is 525. The molecule has 1 unspecified atom stereocenters. The molecule has 1 atom stereocenters. The Kier molecular flexibility index (Phi) is 3.40. The highest BCUT2D eigenvalue weighted by Gasteiger charge is 2.11. The molecule has 2 heterocycles. The molecule has 0 radical (unpaired) electrons. The lowest BCUT2D eigenvalue weighted by atomic mass is 10.2. The fraction of sp³-hybridized carbons (Fsp3) is 0.417. The quantitative estimate of drug-likeness (QED) is 0.945. The summed E-state index contributed by atoms with van der Waals surface area (Å²) in [6, 6.07) is 2.13. The van der Waals surface area contributed by atoms with Crippen LogP contribution >= 0.6 is 15.9 Å². The summed E-state index contributed by atoms with van der Waals surface area (Å²) in [7, 11) is 1.96. The molecule has 0 aliphatic heterocycles. The lowest BCUT2D eigenvalue weighted by Gasteiger charge is -2.05. The van der Waals surface area contributed by atoms with Gasteiger partial charge >= 0.3 is 0 Å². The smallest absolute Gasteiger partial charge is 0.0739 e. The van der Waals surface area contributed by atoms with Gasteiger partial charge in [0.25, 0.3) is 0 Å². The van der Waals surface area contributed by atoms with Gasteiger partial charge in [0.15, 0.2) is 0 Å². The van der Waals surface area contributed by atoms with Crippen LogP contribution < -0.4 is 5.73 Å². The highest BCUT2D eigenvalue weighted by Crippen LogP contribution is 2.21. The summed E-state index contributed by atoms with van der Waals surface area (Å²) in [4.78, 5) is 0. The fourth-order valence-electron chi connectivity index (χ4n) is 1.85. The van der Waals surface area contributed by atoms with Gasteiger partial charge in [-0.05, 0) is 41.4 Å². The number of aromatic nitrogens is 3. The monoisotopic (exact) mass is 296 g/mol. The molecule has 0 aromatic carbocycles. The Labute approximate surface area is 110 Å². The van der Waals surface area contributed by atoms with Crippen LogP contribution in [0.25, 0.3) is 0 Å². The zero-order chi connectivity index (χ0) is 12.6. The molecule has 0 fully saturated rings. The number of nitrogens with two attached hydrogens (primary N) is 1. The molecule has 0 spiro atoms. The minimum atomic E-state index is 0.0768. The van der Waals surface area contributed by atoms with Crippen LogP contribution in [0.4, 0.5) is 0 Å². The van der Waals surface area contributed by atoms with E-state index < -0.39 is 0 Å². The molecule has 0 bridgehead atoms. The number of halogens is 1. The maximum Gasteiger partial charge on any atom is 0.0739 e. The lowest BCUT2D eigenvalue weighted by Crippen LogP contribution is -2.06. The van der Waals surface area contributed by atoms with E-state index in [9.17, 15) is 0 Å². The molecule has 2 N–H and O–H groups in total. The third-order valence-corrected chi connectivity index (χ3v) is 3.92. The predicted octanol–water partition coefficient (Wildman–Crippen LogP) is 2.36. The number of hydrogen-bond acceptors (Lipinski definition) is 2. The van der Waals surface area contributed by atoms with Gasteiger partial charge in [0.1, 0.15) is 0 Å². The summed E-state index contributed by atoms with van der Waals surface area (Å²) in [6.45, 7) is 4.78. The first-order chi connectivity index (χ1) is 7.99. The summed E-state index contributed by atoms with van der Waals surface area (Å²) >= 11 is 3.57. The van der Waals surface area contributed by atoms with Gasteiger partial charge in [0.2, 0.25) is 0 Å². The van der Waals surface area contributed by atoms with Gasteiger partial charge in [0, 0.05) is 25.5 Å². The lowest BCUT2D eigenvalue weighted by molar-refractivity contribution is 0.661. The molecule has 4 nitrogen and oxygen atoms in total. The topological polar surface area (TPSA) is 48.8 Å². The van der Waals surface area contributed by atoms with E-state index in [2.05, 4.69) is 37.9 Å². The van der Waals surface area contributed by atoms with Crippen molar-refractivity contribution in [3.8, 4) is 0 Å². The first kappa shape index (κ1) is 12.4. The van der Waals surface area contributed by atoms with Crippen molar-refractivity contribution in [3.05, 3.63) is 39.9 Å². The molecular formula is C12H17BrN4. The average Bonchev–Trinajstić information content (AvgIpc) is 2.80. The van der Waals surface area contributed by atoms with E-state index in [1.165, 1.54) is 0 Å². The first-order valence-electron chi connectivity index (χ1n) is 5.58. The van der Waals surface area contributed by atoms with Crippen molar-refractivity contribution in [2.75, 3.05) is 0 Å². The SMILES string of the molecule is Cc1nn(C)c(Cn2ccc(C(C)N)c2)c1Br. The molecule has 0 saturated heterocycles. The summed E-state index contributed by atoms with van der Waals surface area (Å²) in [6.07, 6.45) is 4.13. The maximum atomic E-state index is 5.84. The van der Waals surface area contributed by atoms with Gasteiger partial charge in [-0.25, -0.2) is 0 Å². The molecular weight excluding hydrogens is 280 g/mol. The van der Waals surface area contributed by atoms with Crippen LogP contribution in [0.1, 0.15) is 29.9 Å². The molecule has 5 heteroatoms. The van der Waals surface area contributed by atoms with Crippen LogP contribution in [0.3, 0.4) is 0 Å². The van der Waals surface area contributed by atoms with Gasteiger partial charge in [-0.1, -0.05) is 0 Å². The van der Waals surface area contributed by atoms with Crippen molar-refractivity contribution < 1.29 is 0 Å². The summed E-state index contributed by atoms with van der Waals surface area (Å²) < 4.78 is 5.11. The minimum absolute atomic E-state index is 0.0768. The van der Waals surface area contributed by atoms with E-state index in [0.717, 1.165) is 28.0 Å². The molecule has 2 aromatic rings. The van der Waals surface area contributed by atoms with Crippen LogP contribution in [-0.4, -0.2) is 14.3 Å². The van der Waals surface area contributed by atoms with Gasteiger partial charge in [-0.3, -0.25) is 4.68 Å². The highest BCUT2D eigenvalue weighted by molar-refractivity contribution is 9.10. The second kappa shape index (κ2) is 4.66. The Balaban J connectivity index is 2.25. The van der Waals surface area contributed by atoms with Crippen LogP contribution in [0.5, 0.6) is 0 Å². The molecule has 0 aliphatic rings. The van der Waals surface area contributed by atoms with Crippen molar-refractivity contribution in [3.63, 3.8) is 0 Å². The molecule has 92 valence electrons. The van der Waals surface area contributed by atoms with Crippen molar-refractivity contribution in [2.24, 2.45) is 12.8 Å². The van der Waals surface area contributed by atoms with Crippen LogP contribution in [0.2, 0.25) is 0 Å². The molecule has 2 rings (SSSR count). The molecule has 0 aliphatic carbocycles. The van der Waals surface area contributed by atoms with E-state index in [0.29, 0.717) is 0 Å². The summed E-state index contributed by atoms with van der Waals surface area (Å²) in [5.74, 6) is 0. The van der Waals surface area contributed by atoms with Crippen LogP contribution in [0.15, 0.2) is 22.9 Å². The second-order valence-electron chi connectivity index (χ2n) is 4.38. The highest BCUT2D eigenvalue weighted by atomic mass is 79.9. The Morgan fingerprint density at radius 2 is 2.24 bits per heavy atom. The Hall–Kier alpha value is -1.07. The second-order valence-corrected chi connectivity index (χ2v) is 5.17. The fourth-order valence-corrected chi connectivity index (χ4v) is 2.31. The van der Waals surface area contributed by atoms with E-state index in [1.54, 1.807) is 0 Å². The van der Waals surface area contributed by atoms with Crippen LogP contribution in [0, 0.1) is 6.92 Å². The van der Waals surface area contributed by atoms with Crippen LogP contribution in [-0.2, 0) is 13.6 Å². The number of aryl methyl sites for hydroxylation is 2. The zero-order valence-electron chi connectivity index (χ0n) is 10.3. The zero-order valence-corrected chi connectivity index (χ0v) is 11.9. The number of rotatable bonds is 3. The number of nitrogens with zero attached hydrogens (tertiary/aromatic N) is 3.